The molecule has 1 aromatic carbocycles. The predicted molar refractivity (Wildman–Crippen MR) is 51.5 cm³/mol. The summed E-state index contributed by atoms with van der Waals surface area (Å²) >= 11 is 5.83. The average molecular weight is 196 g/mol. The first-order chi connectivity index (χ1) is 6.18. The van der Waals surface area contributed by atoms with Crippen LogP contribution in [0.3, 0.4) is 0 Å². The Morgan fingerprint density at radius 1 is 1.54 bits per heavy atom. The molecule has 0 aromatic heterocycles. The minimum atomic E-state index is -0.204. The summed E-state index contributed by atoms with van der Waals surface area (Å²) in [6.07, 6.45) is 0.871. The highest BCUT2D eigenvalue weighted by Gasteiger charge is 2.42. The Bertz CT molecular complexity index is 351. The van der Waals surface area contributed by atoms with Crippen molar-refractivity contribution in [1.29, 1.82) is 0 Å². The van der Waals surface area contributed by atoms with E-state index in [9.17, 15) is 4.79 Å². The van der Waals surface area contributed by atoms with Crippen LogP contribution >= 0.6 is 11.6 Å². The largest absolute Gasteiger partial charge is 0.369 e. The molecule has 2 N–H and O–H groups in total. The van der Waals surface area contributed by atoms with Crippen LogP contribution in [0.1, 0.15) is 17.9 Å². The Labute approximate surface area is 81.7 Å². The molecule has 1 fully saturated rings. The Morgan fingerprint density at radius 2 is 2.31 bits per heavy atom. The third kappa shape index (κ3) is 1.68. The fraction of sp³-hybridized carbons (Fsp3) is 0.300. The van der Waals surface area contributed by atoms with Gasteiger partial charge < -0.3 is 5.73 Å². The number of carbonyl (C=O) groups is 1. The van der Waals surface area contributed by atoms with E-state index in [1.165, 1.54) is 0 Å². The van der Waals surface area contributed by atoms with E-state index in [0.717, 1.165) is 12.0 Å². The molecule has 1 amide bonds. The minimum Gasteiger partial charge on any atom is -0.369 e. The lowest BCUT2D eigenvalue weighted by Crippen LogP contribution is -2.13. The van der Waals surface area contributed by atoms with E-state index in [-0.39, 0.29) is 11.8 Å². The van der Waals surface area contributed by atoms with Gasteiger partial charge in [0, 0.05) is 10.9 Å². The SMILES string of the molecule is NC(=O)C1C[C@@H]1c1cccc(Cl)c1. The lowest BCUT2D eigenvalue weighted by molar-refractivity contribution is -0.119. The molecule has 68 valence electrons. The molecule has 1 saturated carbocycles. The first-order valence-electron chi connectivity index (χ1n) is 4.23. The van der Waals surface area contributed by atoms with Crippen molar-refractivity contribution >= 4 is 17.5 Å². The lowest BCUT2D eigenvalue weighted by Gasteiger charge is -1.98. The Balaban J connectivity index is 2.16. The second kappa shape index (κ2) is 3.04. The van der Waals surface area contributed by atoms with Crippen LogP contribution in [-0.4, -0.2) is 5.91 Å². The maximum Gasteiger partial charge on any atom is 0.221 e. The first kappa shape index (κ1) is 8.57. The van der Waals surface area contributed by atoms with Gasteiger partial charge in [0.2, 0.25) is 5.91 Å². The number of hydrogen-bond donors (Lipinski definition) is 1. The van der Waals surface area contributed by atoms with E-state index < -0.39 is 0 Å². The van der Waals surface area contributed by atoms with E-state index in [2.05, 4.69) is 0 Å². The number of halogens is 1. The zero-order valence-corrected chi connectivity index (χ0v) is 7.79. The number of rotatable bonds is 2. The van der Waals surface area contributed by atoms with Gasteiger partial charge in [-0.2, -0.15) is 0 Å². The van der Waals surface area contributed by atoms with E-state index in [1.54, 1.807) is 0 Å². The Morgan fingerprint density at radius 3 is 2.85 bits per heavy atom. The zero-order chi connectivity index (χ0) is 9.42. The first-order valence-corrected chi connectivity index (χ1v) is 4.61. The maximum atomic E-state index is 10.8. The lowest BCUT2D eigenvalue weighted by atomic mass is 10.1. The fourth-order valence-corrected chi connectivity index (χ4v) is 1.81. The molecule has 0 bridgehead atoms. The van der Waals surface area contributed by atoms with Gasteiger partial charge in [-0.15, -0.1) is 0 Å². The van der Waals surface area contributed by atoms with Gasteiger partial charge in [0.05, 0.1) is 0 Å². The monoisotopic (exact) mass is 195 g/mol. The molecule has 0 radical (unpaired) electrons. The molecule has 2 atom stereocenters. The second-order valence-electron chi connectivity index (χ2n) is 3.41. The van der Waals surface area contributed by atoms with Gasteiger partial charge in [0.15, 0.2) is 0 Å². The third-order valence-electron chi connectivity index (χ3n) is 2.43. The average Bonchev–Trinajstić information content (AvgIpc) is 2.82. The number of carbonyl (C=O) groups excluding carboxylic acids is 1. The van der Waals surface area contributed by atoms with E-state index in [1.807, 2.05) is 24.3 Å². The smallest absolute Gasteiger partial charge is 0.221 e. The fourth-order valence-electron chi connectivity index (χ4n) is 1.62. The molecule has 1 aliphatic carbocycles. The van der Waals surface area contributed by atoms with Crippen LogP contribution in [0.5, 0.6) is 0 Å². The van der Waals surface area contributed by atoms with Crippen molar-refractivity contribution in [3.63, 3.8) is 0 Å². The van der Waals surface area contributed by atoms with Crippen LogP contribution in [0.25, 0.3) is 0 Å². The summed E-state index contributed by atoms with van der Waals surface area (Å²) < 4.78 is 0. The Hall–Kier alpha value is -1.02. The molecule has 3 heteroatoms. The van der Waals surface area contributed by atoms with Gasteiger partial charge in [-0.3, -0.25) is 4.79 Å². The molecule has 13 heavy (non-hydrogen) atoms. The van der Waals surface area contributed by atoms with Gasteiger partial charge in [-0.1, -0.05) is 23.7 Å². The summed E-state index contributed by atoms with van der Waals surface area (Å²) in [6.45, 7) is 0. The molecule has 0 heterocycles. The highest BCUT2D eigenvalue weighted by atomic mass is 35.5. The van der Waals surface area contributed by atoms with Crippen molar-refractivity contribution in [2.45, 2.75) is 12.3 Å². The molecule has 2 rings (SSSR count). The topological polar surface area (TPSA) is 43.1 Å². The van der Waals surface area contributed by atoms with Crippen LogP contribution in [0.15, 0.2) is 24.3 Å². The van der Waals surface area contributed by atoms with E-state index in [4.69, 9.17) is 17.3 Å². The molecule has 2 nitrogen and oxygen atoms in total. The summed E-state index contributed by atoms with van der Waals surface area (Å²) in [5.74, 6) is 0.125. The molecule has 0 aliphatic heterocycles. The summed E-state index contributed by atoms with van der Waals surface area (Å²) in [5.41, 5.74) is 6.31. The molecule has 0 saturated heterocycles. The number of primary amides is 1. The number of benzene rings is 1. The van der Waals surface area contributed by atoms with Crippen LogP contribution in [0.2, 0.25) is 5.02 Å². The van der Waals surface area contributed by atoms with Crippen molar-refractivity contribution in [3.05, 3.63) is 34.9 Å². The van der Waals surface area contributed by atoms with Crippen molar-refractivity contribution in [2.24, 2.45) is 11.7 Å². The minimum absolute atomic E-state index is 0.0264. The van der Waals surface area contributed by atoms with Crippen LogP contribution in [0.4, 0.5) is 0 Å². The van der Waals surface area contributed by atoms with Crippen molar-refractivity contribution < 1.29 is 4.79 Å². The van der Waals surface area contributed by atoms with Gasteiger partial charge in [0.1, 0.15) is 0 Å². The maximum absolute atomic E-state index is 10.8. The zero-order valence-electron chi connectivity index (χ0n) is 7.03. The molecule has 0 spiro atoms. The van der Waals surface area contributed by atoms with E-state index >= 15 is 0 Å². The van der Waals surface area contributed by atoms with Crippen LogP contribution in [-0.2, 0) is 4.79 Å². The van der Waals surface area contributed by atoms with Crippen molar-refractivity contribution in [1.82, 2.24) is 0 Å². The predicted octanol–water partition coefficient (Wildman–Crippen LogP) is 1.93. The van der Waals surface area contributed by atoms with Gasteiger partial charge in [0.25, 0.3) is 0 Å². The number of nitrogens with two attached hydrogens (primary N) is 1. The molecular weight excluding hydrogens is 186 g/mol. The van der Waals surface area contributed by atoms with Gasteiger partial charge in [-0.25, -0.2) is 0 Å². The number of amides is 1. The molecule has 1 aliphatic rings. The van der Waals surface area contributed by atoms with Crippen LogP contribution < -0.4 is 5.73 Å². The molecule has 1 unspecified atom stereocenters. The normalized spacial score (nSPS) is 25.6. The third-order valence-corrected chi connectivity index (χ3v) is 2.67. The standard InChI is InChI=1S/C10H10ClNO/c11-7-3-1-2-6(4-7)8-5-9(8)10(12)13/h1-4,8-9H,5H2,(H2,12,13)/t8-,9?/m1/s1. The molecule has 1 aromatic rings. The summed E-state index contributed by atoms with van der Waals surface area (Å²) in [5, 5.41) is 0.715. The highest BCUT2D eigenvalue weighted by Crippen LogP contribution is 2.47. The summed E-state index contributed by atoms with van der Waals surface area (Å²) in [6, 6.07) is 7.61. The summed E-state index contributed by atoms with van der Waals surface area (Å²) in [7, 11) is 0. The van der Waals surface area contributed by atoms with Gasteiger partial charge >= 0.3 is 0 Å². The Kier molecular flexibility index (Phi) is 2.00. The molecular formula is C10H10ClNO. The van der Waals surface area contributed by atoms with Gasteiger partial charge in [-0.05, 0) is 30.0 Å². The summed E-state index contributed by atoms with van der Waals surface area (Å²) in [4.78, 5) is 10.8. The van der Waals surface area contributed by atoms with Crippen molar-refractivity contribution in [2.75, 3.05) is 0 Å². The van der Waals surface area contributed by atoms with E-state index in [0.29, 0.717) is 10.9 Å². The quantitative estimate of drug-likeness (QED) is 0.770. The number of hydrogen-bond acceptors (Lipinski definition) is 1. The van der Waals surface area contributed by atoms with Crippen molar-refractivity contribution in [3.8, 4) is 0 Å². The van der Waals surface area contributed by atoms with Crippen LogP contribution in [0, 0.1) is 5.92 Å². The second-order valence-corrected chi connectivity index (χ2v) is 3.84. The highest BCUT2D eigenvalue weighted by molar-refractivity contribution is 6.30.